The largest absolute Gasteiger partial charge is 0.293 e. The number of rotatable bonds is 3. The van der Waals surface area contributed by atoms with Crippen molar-refractivity contribution in [1.82, 2.24) is 24.4 Å². The highest BCUT2D eigenvalue weighted by molar-refractivity contribution is 6.04. The number of nitriles is 1. The van der Waals surface area contributed by atoms with E-state index < -0.39 is 11.2 Å². The fraction of sp³-hybridized carbons (Fsp3) is 0.421. The Hall–Kier alpha value is -3.28. The number of nitrogens with zero attached hydrogens (tertiary/aromatic N) is 7. The molecule has 0 unspecified atom stereocenters. The quantitative estimate of drug-likeness (QED) is 0.695. The zero-order chi connectivity index (χ0) is 20.2. The zero-order valence-corrected chi connectivity index (χ0v) is 16.1. The van der Waals surface area contributed by atoms with Crippen molar-refractivity contribution in [1.29, 1.82) is 5.26 Å². The summed E-state index contributed by atoms with van der Waals surface area (Å²) in [7, 11) is 1.78. The van der Waals surface area contributed by atoms with Crippen LogP contribution in [0.1, 0.15) is 20.8 Å². The predicted molar refractivity (Wildman–Crippen MR) is 99.5 cm³/mol. The fourth-order valence-electron chi connectivity index (χ4n) is 4.06. The normalized spacial score (nSPS) is 22.4. The van der Waals surface area contributed by atoms with Crippen LogP contribution in [0, 0.1) is 34.4 Å². The topological polar surface area (TPSA) is 92.1 Å². The number of carbonyl (C=O) groups excluding carboxylic acids is 1. The Bertz CT molecular complexity index is 1130. The Morgan fingerprint density at radius 3 is 2.64 bits per heavy atom. The molecule has 1 fully saturated rings. The molecule has 0 aromatic carbocycles. The van der Waals surface area contributed by atoms with E-state index in [1.807, 2.05) is 20.8 Å². The molecular formula is C19H20FN7O. The Morgan fingerprint density at radius 2 is 2.07 bits per heavy atom. The first-order chi connectivity index (χ1) is 13.3. The second-order valence-electron chi connectivity index (χ2n) is 7.59. The first-order valence-electron chi connectivity index (χ1n) is 9.05. The van der Waals surface area contributed by atoms with Crippen molar-refractivity contribution >= 4 is 17.2 Å². The van der Waals surface area contributed by atoms with E-state index in [2.05, 4.69) is 21.3 Å². The summed E-state index contributed by atoms with van der Waals surface area (Å²) in [5.41, 5.74) is 0.180. The first kappa shape index (κ1) is 18.1. The molecule has 4 rings (SSSR count). The van der Waals surface area contributed by atoms with Crippen molar-refractivity contribution in [3.63, 3.8) is 0 Å². The summed E-state index contributed by atoms with van der Waals surface area (Å²) in [4.78, 5) is 19.3. The second-order valence-corrected chi connectivity index (χ2v) is 7.59. The summed E-state index contributed by atoms with van der Waals surface area (Å²) in [6.45, 7) is 5.87. The molecule has 8 nitrogen and oxygen atoms in total. The van der Waals surface area contributed by atoms with Gasteiger partial charge < -0.3 is 0 Å². The van der Waals surface area contributed by atoms with Crippen molar-refractivity contribution in [2.45, 2.75) is 20.8 Å². The highest BCUT2D eigenvalue weighted by Crippen LogP contribution is 2.45. The lowest BCUT2D eigenvalue weighted by atomic mass is 9.71. The lowest BCUT2D eigenvalue weighted by Gasteiger charge is -2.27. The number of anilines is 1. The van der Waals surface area contributed by atoms with Crippen LogP contribution in [0.2, 0.25) is 0 Å². The molecule has 9 heteroatoms. The van der Waals surface area contributed by atoms with Crippen LogP contribution in [0.15, 0.2) is 24.8 Å². The number of amides is 1. The van der Waals surface area contributed by atoms with Crippen LogP contribution in [-0.2, 0) is 11.8 Å². The molecule has 3 aromatic heterocycles. The standard InChI is InChI=1S/C19H20FN7O/c1-11(2)19(10-21)12(3)7-26(18(19)28)17-16-14(20)6-23-27(16)9-15(24-17)13-5-22-25(4)8-13/h5-6,8-9,11-12H,7H2,1-4H3/t12-,19-/m1/s1. The van der Waals surface area contributed by atoms with Gasteiger partial charge in [-0.05, 0) is 5.92 Å². The maximum atomic E-state index is 14.5. The van der Waals surface area contributed by atoms with Gasteiger partial charge in [-0.3, -0.25) is 14.4 Å². The molecule has 1 saturated heterocycles. The lowest BCUT2D eigenvalue weighted by Crippen LogP contribution is -2.39. The van der Waals surface area contributed by atoms with Crippen LogP contribution in [0.25, 0.3) is 16.8 Å². The van der Waals surface area contributed by atoms with E-state index in [-0.39, 0.29) is 35.6 Å². The third-order valence-corrected chi connectivity index (χ3v) is 5.62. The number of hydrogen-bond acceptors (Lipinski definition) is 5. The molecule has 1 aliphatic rings. The van der Waals surface area contributed by atoms with E-state index in [4.69, 9.17) is 0 Å². The molecule has 0 bridgehead atoms. The molecule has 3 aromatic rings. The SMILES string of the molecule is CC(C)[C@@]1(C#N)C(=O)N(c2nc(-c3cnn(C)c3)cn3ncc(F)c23)C[C@H]1C. The van der Waals surface area contributed by atoms with Crippen LogP contribution in [0.5, 0.6) is 0 Å². The molecule has 1 amide bonds. The smallest absolute Gasteiger partial charge is 0.249 e. The van der Waals surface area contributed by atoms with Crippen LogP contribution >= 0.6 is 0 Å². The molecule has 0 radical (unpaired) electrons. The van der Waals surface area contributed by atoms with Gasteiger partial charge in [0.2, 0.25) is 5.91 Å². The molecule has 0 N–H and O–H groups in total. The van der Waals surface area contributed by atoms with E-state index >= 15 is 0 Å². The number of carbonyl (C=O) groups is 1. The molecule has 4 heterocycles. The molecule has 0 spiro atoms. The van der Waals surface area contributed by atoms with Crippen molar-refractivity contribution in [3.8, 4) is 17.3 Å². The van der Waals surface area contributed by atoms with E-state index in [1.165, 1.54) is 9.42 Å². The summed E-state index contributed by atoms with van der Waals surface area (Å²) in [5.74, 6) is -1.15. The van der Waals surface area contributed by atoms with E-state index in [1.54, 1.807) is 30.3 Å². The second kappa shape index (κ2) is 6.12. The summed E-state index contributed by atoms with van der Waals surface area (Å²) in [5, 5.41) is 18.0. The molecule has 28 heavy (non-hydrogen) atoms. The molecule has 0 saturated carbocycles. The van der Waals surface area contributed by atoms with E-state index in [9.17, 15) is 14.4 Å². The third kappa shape index (κ3) is 2.34. The Balaban J connectivity index is 1.92. The highest BCUT2D eigenvalue weighted by Gasteiger charge is 2.55. The summed E-state index contributed by atoms with van der Waals surface area (Å²) in [6.07, 6.45) is 6.11. The molecule has 2 atom stereocenters. The minimum atomic E-state index is -1.17. The number of fused-ring (bicyclic) bond motifs is 1. The Kier molecular flexibility index (Phi) is 3.96. The number of hydrogen-bond donors (Lipinski definition) is 0. The monoisotopic (exact) mass is 381 g/mol. The minimum Gasteiger partial charge on any atom is -0.293 e. The number of aryl methyl sites for hydroxylation is 1. The Labute approximate surface area is 161 Å². The minimum absolute atomic E-state index is 0.116. The van der Waals surface area contributed by atoms with E-state index in [0.29, 0.717) is 5.69 Å². The number of aromatic nitrogens is 5. The van der Waals surface area contributed by atoms with Gasteiger partial charge in [-0.25, -0.2) is 13.9 Å². The van der Waals surface area contributed by atoms with Gasteiger partial charge in [0, 0.05) is 31.3 Å². The van der Waals surface area contributed by atoms with Gasteiger partial charge in [0.1, 0.15) is 10.9 Å². The average Bonchev–Trinajstić information content (AvgIpc) is 3.32. The van der Waals surface area contributed by atoms with Crippen molar-refractivity contribution in [2.75, 3.05) is 11.4 Å². The van der Waals surface area contributed by atoms with E-state index in [0.717, 1.165) is 11.8 Å². The van der Waals surface area contributed by atoms with Crippen molar-refractivity contribution in [2.24, 2.45) is 24.3 Å². The summed E-state index contributed by atoms with van der Waals surface area (Å²) in [6, 6.07) is 2.23. The van der Waals surface area contributed by atoms with Crippen LogP contribution in [0.3, 0.4) is 0 Å². The zero-order valence-electron chi connectivity index (χ0n) is 16.1. The van der Waals surface area contributed by atoms with Gasteiger partial charge in [-0.2, -0.15) is 15.5 Å². The average molecular weight is 381 g/mol. The van der Waals surface area contributed by atoms with Crippen LogP contribution < -0.4 is 4.90 Å². The highest BCUT2D eigenvalue weighted by atomic mass is 19.1. The first-order valence-corrected chi connectivity index (χ1v) is 9.05. The van der Waals surface area contributed by atoms with Crippen LogP contribution in [-0.4, -0.2) is 36.8 Å². The fourth-order valence-corrected chi connectivity index (χ4v) is 4.06. The lowest BCUT2D eigenvalue weighted by molar-refractivity contribution is -0.125. The van der Waals surface area contributed by atoms with Gasteiger partial charge in [0.25, 0.3) is 0 Å². The maximum absolute atomic E-state index is 14.5. The van der Waals surface area contributed by atoms with Crippen molar-refractivity contribution < 1.29 is 9.18 Å². The summed E-state index contributed by atoms with van der Waals surface area (Å²) >= 11 is 0. The molecule has 1 aliphatic heterocycles. The Morgan fingerprint density at radius 1 is 1.32 bits per heavy atom. The van der Waals surface area contributed by atoms with Gasteiger partial charge in [0.15, 0.2) is 11.6 Å². The van der Waals surface area contributed by atoms with Gasteiger partial charge in [-0.1, -0.05) is 20.8 Å². The molecule has 0 aliphatic carbocycles. The number of halogens is 1. The van der Waals surface area contributed by atoms with Gasteiger partial charge in [-0.15, -0.1) is 0 Å². The predicted octanol–water partition coefficient (Wildman–Crippen LogP) is 2.42. The van der Waals surface area contributed by atoms with Crippen molar-refractivity contribution in [3.05, 3.63) is 30.6 Å². The van der Waals surface area contributed by atoms with Gasteiger partial charge >= 0.3 is 0 Å². The van der Waals surface area contributed by atoms with Gasteiger partial charge in [0.05, 0.1) is 30.4 Å². The third-order valence-electron chi connectivity index (χ3n) is 5.62. The van der Waals surface area contributed by atoms with Crippen LogP contribution in [0.4, 0.5) is 10.2 Å². The summed E-state index contributed by atoms with van der Waals surface area (Å²) < 4.78 is 17.5. The molecular weight excluding hydrogens is 361 g/mol. The maximum Gasteiger partial charge on any atom is 0.249 e. The molecule has 144 valence electrons.